The molecule has 0 saturated carbocycles. The zero-order valence-corrected chi connectivity index (χ0v) is 15.8. The summed E-state index contributed by atoms with van der Waals surface area (Å²) >= 11 is 0. The Kier molecular flexibility index (Phi) is 5.06. The predicted octanol–water partition coefficient (Wildman–Crippen LogP) is 6.61. The van der Waals surface area contributed by atoms with Crippen LogP contribution in [-0.4, -0.2) is 10.5 Å². The molecule has 0 amide bonds. The van der Waals surface area contributed by atoms with E-state index in [-0.39, 0.29) is 5.91 Å². The Labute approximate surface area is 160 Å². The van der Waals surface area contributed by atoms with Crippen LogP contribution in [0.1, 0.15) is 48.5 Å². The van der Waals surface area contributed by atoms with Crippen LogP contribution in [0.2, 0.25) is 0 Å². The molecule has 0 aliphatic rings. The van der Waals surface area contributed by atoms with E-state index in [2.05, 4.69) is 31.2 Å². The number of benzene rings is 3. The first-order chi connectivity index (χ1) is 13.3. The van der Waals surface area contributed by atoms with Crippen molar-refractivity contribution in [1.82, 2.24) is 4.57 Å². The molecule has 0 fully saturated rings. The Balaban J connectivity index is 1.66. The minimum atomic E-state index is 0.0323. The molecule has 3 aromatic carbocycles. The van der Waals surface area contributed by atoms with Gasteiger partial charge in [0.05, 0.1) is 11.0 Å². The molecule has 0 N–H and O–H groups in total. The fraction of sp³-hybridized carbons (Fsp3) is 0.240. The number of rotatable bonds is 6. The summed E-state index contributed by atoms with van der Waals surface area (Å²) in [5.41, 5.74) is 3.98. The lowest BCUT2D eigenvalue weighted by molar-refractivity contribution is 0.0969. The number of carbonyl (C=O) groups is 1. The van der Waals surface area contributed by atoms with Crippen molar-refractivity contribution >= 4 is 27.7 Å². The van der Waals surface area contributed by atoms with Crippen molar-refractivity contribution in [3.63, 3.8) is 0 Å². The molecule has 136 valence electrons. The highest BCUT2D eigenvalue weighted by molar-refractivity contribution is 6.16. The normalized spacial score (nSPS) is 11.3. The Morgan fingerprint density at radius 2 is 1.33 bits per heavy atom. The maximum absolute atomic E-state index is 13.3. The molecule has 4 rings (SSSR count). The van der Waals surface area contributed by atoms with Crippen molar-refractivity contribution in [2.75, 3.05) is 0 Å². The van der Waals surface area contributed by atoms with Gasteiger partial charge < -0.3 is 0 Å². The number of aromatic nitrogens is 1. The van der Waals surface area contributed by atoms with Gasteiger partial charge in [-0.3, -0.25) is 9.36 Å². The number of para-hydroxylation sites is 2. The van der Waals surface area contributed by atoms with Gasteiger partial charge in [-0.2, -0.15) is 0 Å². The Morgan fingerprint density at radius 3 is 1.93 bits per heavy atom. The first kappa shape index (κ1) is 17.5. The third-order valence-corrected chi connectivity index (χ3v) is 5.30. The van der Waals surface area contributed by atoms with E-state index in [9.17, 15) is 4.79 Å². The van der Waals surface area contributed by atoms with E-state index in [0.29, 0.717) is 0 Å². The highest BCUT2D eigenvalue weighted by Gasteiger charge is 2.16. The molecule has 0 radical (unpaired) electrons. The lowest BCUT2D eigenvalue weighted by atomic mass is 10.0. The summed E-state index contributed by atoms with van der Waals surface area (Å²) in [5, 5.41) is 2.24. The molecular weight excluding hydrogens is 330 g/mol. The monoisotopic (exact) mass is 355 g/mol. The molecular formula is C25H25NO. The summed E-state index contributed by atoms with van der Waals surface area (Å²) < 4.78 is 1.85. The van der Waals surface area contributed by atoms with Crippen molar-refractivity contribution in [3.8, 4) is 0 Å². The van der Waals surface area contributed by atoms with E-state index < -0.39 is 0 Å². The third kappa shape index (κ3) is 3.40. The quantitative estimate of drug-likeness (QED) is 0.357. The van der Waals surface area contributed by atoms with Crippen LogP contribution in [0, 0.1) is 0 Å². The fourth-order valence-electron chi connectivity index (χ4n) is 3.84. The van der Waals surface area contributed by atoms with Crippen LogP contribution in [0.3, 0.4) is 0 Å². The second kappa shape index (κ2) is 7.79. The molecule has 0 unspecified atom stereocenters. The van der Waals surface area contributed by atoms with E-state index >= 15 is 0 Å². The van der Waals surface area contributed by atoms with Crippen molar-refractivity contribution in [3.05, 3.63) is 83.9 Å². The largest absolute Gasteiger partial charge is 0.276 e. The van der Waals surface area contributed by atoms with Gasteiger partial charge in [-0.05, 0) is 42.7 Å². The molecule has 27 heavy (non-hydrogen) atoms. The molecule has 2 nitrogen and oxygen atoms in total. The Bertz CT molecular complexity index is 1020. The highest BCUT2D eigenvalue weighted by atomic mass is 16.2. The van der Waals surface area contributed by atoms with E-state index in [4.69, 9.17) is 0 Å². The average molecular weight is 355 g/mol. The van der Waals surface area contributed by atoms with Crippen LogP contribution in [-0.2, 0) is 6.42 Å². The minimum absolute atomic E-state index is 0.0323. The van der Waals surface area contributed by atoms with Crippen molar-refractivity contribution in [2.24, 2.45) is 0 Å². The van der Waals surface area contributed by atoms with Gasteiger partial charge in [-0.15, -0.1) is 0 Å². The number of fused-ring (bicyclic) bond motifs is 3. The maximum atomic E-state index is 13.3. The summed E-state index contributed by atoms with van der Waals surface area (Å²) in [6.45, 7) is 2.23. The van der Waals surface area contributed by atoms with Crippen LogP contribution in [0.5, 0.6) is 0 Å². The molecule has 0 saturated heterocycles. The number of hydrogen-bond donors (Lipinski definition) is 0. The van der Waals surface area contributed by atoms with Gasteiger partial charge in [0, 0.05) is 16.3 Å². The zero-order valence-electron chi connectivity index (χ0n) is 15.8. The minimum Gasteiger partial charge on any atom is -0.276 e. The lowest BCUT2D eigenvalue weighted by Crippen LogP contribution is -2.11. The van der Waals surface area contributed by atoms with Crippen LogP contribution in [0.25, 0.3) is 21.8 Å². The van der Waals surface area contributed by atoms with Crippen LogP contribution in [0.15, 0.2) is 72.8 Å². The van der Waals surface area contributed by atoms with Crippen LogP contribution >= 0.6 is 0 Å². The van der Waals surface area contributed by atoms with E-state index in [1.54, 1.807) is 0 Å². The number of aryl methyl sites for hydroxylation is 1. The van der Waals surface area contributed by atoms with Crippen molar-refractivity contribution in [1.29, 1.82) is 0 Å². The number of hydrogen-bond acceptors (Lipinski definition) is 1. The smallest absolute Gasteiger partial charge is 0.262 e. The van der Waals surface area contributed by atoms with Gasteiger partial charge in [0.1, 0.15) is 0 Å². The fourth-order valence-corrected chi connectivity index (χ4v) is 3.84. The summed E-state index contributed by atoms with van der Waals surface area (Å²) in [5.74, 6) is 0.0323. The summed E-state index contributed by atoms with van der Waals surface area (Å²) in [6.07, 6.45) is 6.13. The Hall–Kier alpha value is -2.87. The zero-order chi connectivity index (χ0) is 18.6. The molecule has 2 heteroatoms. The van der Waals surface area contributed by atoms with Gasteiger partial charge in [0.15, 0.2) is 0 Å². The van der Waals surface area contributed by atoms with E-state index in [0.717, 1.165) is 33.8 Å². The van der Waals surface area contributed by atoms with Crippen LogP contribution < -0.4 is 0 Å². The van der Waals surface area contributed by atoms with Gasteiger partial charge in [0.25, 0.3) is 5.91 Å². The van der Waals surface area contributed by atoms with Gasteiger partial charge in [0.2, 0.25) is 0 Å². The van der Waals surface area contributed by atoms with Crippen molar-refractivity contribution < 1.29 is 4.79 Å². The van der Waals surface area contributed by atoms with E-state index in [1.807, 2.05) is 53.1 Å². The molecule has 4 aromatic rings. The average Bonchev–Trinajstić information content (AvgIpc) is 3.06. The molecule has 0 spiro atoms. The topological polar surface area (TPSA) is 22.0 Å². The molecule has 1 aromatic heterocycles. The molecule has 0 aliphatic heterocycles. The third-order valence-electron chi connectivity index (χ3n) is 5.30. The van der Waals surface area contributed by atoms with Gasteiger partial charge in [-0.25, -0.2) is 0 Å². The lowest BCUT2D eigenvalue weighted by Gasteiger charge is -2.07. The number of carbonyl (C=O) groups excluding carboxylic acids is 1. The summed E-state index contributed by atoms with van der Waals surface area (Å²) in [7, 11) is 0. The van der Waals surface area contributed by atoms with E-state index in [1.165, 1.54) is 31.2 Å². The highest BCUT2D eigenvalue weighted by Crippen LogP contribution is 2.29. The number of unbranched alkanes of at least 4 members (excludes halogenated alkanes) is 3. The molecule has 0 aliphatic carbocycles. The summed E-state index contributed by atoms with van der Waals surface area (Å²) in [4.78, 5) is 13.3. The van der Waals surface area contributed by atoms with Crippen LogP contribution in [0.4, 0.5) is 0 Å². The number of nitrogens with zero attached hydrogens (tertiary/aromatic N) is 1. The standard InChI is InChI=1S/C25H25NO/c1-2-3-4-5-10-19-15-17-20(18-16-19)25(27)26-23-13-8-6-11-21(23)22-12-7-9-14-24(22)26/h6-9,11-18H,2-5,10H2,1H3. The second-order valence-corrected chi connectivity index (χ2v) is 7.18. The second-order valence-electron chi connectivity index (χ2n) is 7.18. The SMILES string of the molecule is CCCCCCc1ccc(C(=O)n2c3ccccc3c3ccccc32)cc1. The molecule has 0 atom stereocenters. The first-order valence-electron chi connectivity index (χ1n) is 9.91. The molecule has 1 heterocycles. The van der Waals surface area contributed by atoms with Gasteiger partial charge in [-0.1, -0.05) is 74.7 Å². The molecule has 0 bridgehead atoms. The Morgan fingerprint density at radius 1 is 0.741 bits per heavy atom. The summed E-state index contributed by atoms with van der Waals surface area (Å²) in [6, 6.07) is 24.4. The first-order valence-corrected chi connectivity index (χ1v) is 9.91. The van der Waals surface area contributed by atoms with Gasteiger partial charge >= 0.3 is 0 Å². The predicted molar refractivity (Wildman–Crippen MR) is 113 cm³/mol. The van der Waals surface area contributed by atoms with Crippen molar-refractivity contribution in [2.45, 2.75) is 39.0 Å². The maximum Gasteiger partial charge on any atom is 0.262 e.